The Hall–Kier alpha value is -2.42. The maximum Gasteiger partial charge on any atom is 0.246 e. The number of nitrogens with zero attached hydrogens (tertiary/aromatic N) is 2. The van der Waals surface area contributed by atoms with Crippen LogP contribution in [0.5, 0.6) is 0 Å². The summed E-state index contributed by atoms with van der Waals surface area (Å²) in [5.74, 6) is -1.25. The van der Waals surface area contributed by atoms with Crippen molar-refractivity contribution in [3.8, 4) is 0 Å². The van der Waals surface area contributed by atoms with Crippen molar-refractivity contribution in [3.63, 3.8) is 0 Å². The number of halogens is 1. The molecule has 0 radical (unpaired) electrons. The normalized spacial score (nSPS) is 33.9. The van der Waals surface area contributed by atoms with Gasteiger partial charge in [0.15, 0.2) is 0 Å². The number of benzene rings is 1. The van der Waals surface area contributed by atoms with Gasteiger partial charge in [0.25, 0.3) is 0 Å². The van der Waals surface area contributed by atoms with E-state index in [0.717, 1.165) is 51.6 Å². The van der Waals surface area contributed by atoms with E-state index in [1.54, 1.807) is 29.2 Å². The van der Waals surface area contributed by atoms with Gasteiger partial charge in [0, 0.05) is 23.3 Å². The fourth-order valence-electron chi connectivity index (χ4n) is 7.40. The van der Waals surface area contributed by atoms with E-state index in [2.05, 4.69) is 43.4 Å². The topological polar surface area (TPSA) is 91.0 Å². The Kier molecular flexibility index (Phi) is 9.12. The van der Waals surface area contributed by atoms with Crippen molar-refractivity contribution in [3.05, 3.63) is 41.4 Å². The summed E-state index contributed by atoms with van der Waals surface area (Å²) in [5.41, 5.74) is -0.588. The minimum atomic E-state index is -1.15. The quantitative estimate of drug-likeness (QED) is 0.374. The molecule has 2 N–H and O–H groups in total. The van der Waals surface area contributed by atoms with Crippen molar-refractivity contribution in [1.29, 1.82) is 0 Å². The summed E-state index contributed by atoms with van der Waals surface area (Å²) in [6.07, 6.45) is 9.34. The van der Waals surface area contributed by atoms with Crippen LogP contribution in [0.1, 0.15) is 59.3 Å². The van der Waals surface area contributed by atoms with Gasteiger partial charge in [0.2, 0.25) is 17.7 Å². The highest BCUT2D eigenvalue weighted by Gasteiger charge is 2.72. The third-order valence-corrected chi connectivity index (χ3v) is 10.1. The number of amides is 3. The second-order valence-corrected chi connectivity index (χ2v) is 13.1. The van der Waals surface area contributed by atoms with Crippen LogP contribution in [0, 0.1) is 23.7 Å². The molecule has 1 saturated carbocycles. The van der Waals surface area contributed by atoms with Gasteiger partial charge in [0.05, 0.1) is 17.9 Å². The lowest BCUT2D eigenvalue weighted by molar-refractivity contribution is -0.141. The molecule has 3 amide bonds. The molecule has 3 fully saturated rings. The molecule has 1 aliphatic carbocycles. The predicted octanol–water partition coefficient (Wildman–Crippen LogP) is 4.49. The Morgan fingerprint density at radius 1 is 1.17 bits per heavy atom. The molecule has 224 valence electrons. The van der Waals surface area contributed by atoms with Crippen LogP contribution in [-0.4, -0.2) is 78.0 Å². The van der Waals surface area contributed by atoms with Gasteiger partial charge in [-0.2, -0.15) is 0 Å². The first-order chi connectivity index (χ1) is 19.7. The van der Waals surface area contributed by atoms with Crippen molar-refractivity contribution in [2.75, 3.05) is 32.0 Å². The van der Waals surface area contributed by atoms with Gasteiger partial charge >= 0.3 is 0 Å². The Morgan fingerprint density at radius 3 is 2.71 bits per heavy atom. The second-order valence-electron chi connectivity index (χ2n) is 12.6. The van der Waals surface area contributed by atoms with Crippen LogP contribution in [0.15, 0.2) is 36.4 Å². The monoisotopic (exact) mass is 584 g/mol. The number of nitrogens with one attached hydrogen (secondary N) is 2. The van der Waals surface area contributed by atoms with E-state index >= 15 is 0 Å². The fourth-order valence-corrected chi connectivity index (χ4v) is 7.59. The molecule has 5 rings (SSSR count). The first kappa shape index (κ1) is 30.1. The third-order valence-electron chi connectivity index (χ3n) is 9.88. The molecule has 8 nitrogen and oxygen atoms in total. The lowest BCUT2D eigenvalue weighted by Gasteiger charge is -2.38. The van der Waals surface area contributed by atoms with E-state index in [1.807, 2.05) is 12.2 Å². The number of hydrogen-bond donors (Lipinski definition) is 2. The van der Waals surface area contributed by atoms with E-state index in [4.69, 9.17) is 16.3 Å². The maximum absolute atomic E-state index is 14.2. The highest BCUT2D eigenvalue weighted by atomic mass is 35.5. The average molecular weight is 585 g/mol. The van der Waals surface area contributed by atoms with Crippen LogP contribution < -0.4 is 10.6 Å². The number of rotatable bonds is 11. The summed E-state index contributed by atoms with van der Waals surface area (Å²) < 4.78 is 6.50. The number of unbranched alkanes of at least 4 members (excludes halogenated alkanes) is 1. The van der Waals surface area contributed by atoms with Crippen LogP contribution in [-0.2, 0) is 19.1 Å². The van der Waals surface area contributed by atoms with Crippen LogP contribution in [0.2, 0.25) is 5.02 Å². The highest BCUT2D eigenvalue weighted by molar-refractivity contribution is 6.30. The molecule has 3 heterocycles. The standard InChI is InChI=1S/C32H45ClN4O4/c1-5-6-16-36(4)17-9-18-37-28(30(39)35-24-13-7-10-20(2)21(24)3)32-15-14-25(41-32)26(27(32)31(37)40)29(38)34-23-12-8-11-22(33)19-23/h8,11-12,14-15,19-21,24-28H,5-7,9-10,13,16-18H2,1-4H3,(H,34,38)(H,35,39). The zero-order valence-electron chi connectivity index (χ0n) is 24.8. The highest BCUT2D eigenvalue weighted by Crippen LogP contribution is 2.55. The van der Waals surface area contributed by atoms with Gasteiger partial charge in [-0.25, -0.2) is 0 Å². The van der Waals surface area contributed by atoms with Crippen LogP contribution >= 0.6 is 11.6 Å². The van der Waals surface area contributed by atoms with Crippen molar-refractivity contribution >= 4 is 35.0 Å². The van der Waals surface area contributed by atoms with Crippen LogP contribution in [0.25, 0.3) is 0 Å². The Labute approximate surface area is 249 Å². The van der Waals surface area contributed by atoms with Crippen molar-refractivity contribution < 1.29 is 19.1 Å². The first-order valence-electron chi connectivity index (χ1n) is 15.4. The Balaban J connectivity index is 1.39. The van der Waals surface area contributed by atoms with E-state index in [0.29, 0.717) is 29.1 Å². The molecule has 2 bridgehead atoms. The Morgan fingerprint density at radius 2 is 1.95 bits per heavy atom. The summed E-state index contributed by atoms with van der Waals surface area (Å²) in [4.78, 5) is 45.9. The molecule has 8 atom stereocenters. The SMILES string of the molecule is CCCCN(C)CCCN1C(=O)C2C(C(=O)Nc3cccc(Cl)c3)C3C=CC2(O3)C1C(=O)NC1CCCC(C)C1C. The zero-order valence-corrected chi connectivity index (χ0v) is 25.5. The summed E-state index contributed by atoms with van der Waals surface area (Å²) in [5, 5.41) is 6.78. The molecule has 4 aliphatic rings. The van der Waals surface area contributed by atoms with Gasteiger partial charge in [0.1, 0.15) is 11.6 Å². The number of fused-ring (bicyclic) bond motifs is 1. The summed E-state index contributed by atoms with van der Waals surface area (Å²) in [6, 6.07) is 6.21. The van der Waals surface area contributed by atoms with E-state index < -0.39 is 29.6 Å². The molecule has 8 unspecified atom stereocenters. The van der Waals surface area contributed by atoms with Gasteiger partial charge in [-0.3, -0.25) is 14.4 Å². The molecule has 41 heavy (non-hydrogen) atoms. The largest absolute Gasteiger partial charge is 0.359 e. The van der Waals surface area contributed by atoms with Crippen LogP contribution in [0.4, 0.5) is 5.69 Å². The van der Waals surface area contributed by atoms with Gasteiger partial charge in [-0.15, -0.1) is 0 Å². The summed E-state index contributed by atoms with van der Waals surface area (Å²) in [7, 11) is 2.09. The minimum Gasteiger partial charge on any atom is -0.359 e. The molecule has 9 heteroatoms. The summed E-state index contributed by atoms with van der Waals surface area (Å²) in [6.45, 7) is 8.88. The van der Waals surface area contributed by atoms with Crippen LogP contribution in [0.3, 0.4) is 0 Å². The van der Waals surface area contributed by atoms with Gasteiger partial charge < -0.3 is 25.2 Å². The summed E-state index contributed by atoms with van der Waals surface area (Å²) >= 11 is 6.14. The second kappa shape index (κ2) is 12.4. The Bertz CT molecular complexity index is 1180. The maximum atomic E-state index is 14.2. The molecule has 1 spiro atoms. The molecular formula is C32H45ClN4O4. The first-order valence-corrected chi connectivity index (χ1v) is 15.8. The van der Waals surface area contributed by atoms with E-state index in [9.17, 15) is 14.4 Å². The zero-order chi connectivity index (χ0) is 29.3. The number of ether oxygens (including phenoxy) is 1. The lowest BCUT2D eigenvalue weighted by atomic mass is 9.73. The molecule has 0 aromatic heterocycles. The van der Waals surface area contributed by atoms with Crippen molar-refractivity contribution in [1.82, 2.24) is 15.1 Å². The number of carbonyl (C=O) groups excluding carboxylic acids is 3. The molecule has 1 aromatic rings. The third kappa shape index (κ3) is 5.80. The predicted molar refractivity (Wildman–Crippen MR) is 160 cm³/mol. The van der Waals surface area contributed by atoms with Crippen molar-refractivity contribution in [2.24, 2.45) is 23.7 Å². The number of likely N-dealkylation sites (tertiary alicyclic amines) is 1. The number of anilines is 1. The van der Waals surface area contributed by atoms with Gasteiger partial charge in [-0.1, -0.05) is 69.9 Å². The molecule has 1 aromatic carbocycles. The molecular weight excluding hydrogens is 540 g/mol. The van der Waals surface area contributed by atoms with Gasteiger partial charge in [-0.05, 0) is 69.4 Å². The van der Waals surface area contributed by atoms with E-state index in [-0.39, 0.29) is 23.8 Å². The number of carbonyl (C=O) groups is 3. The average Bonchev–Trinajstić information content (AvgIpc) is 3.57. The smallest absolute Gasteiger partial charge is 0.246 e. The number of hydrogen-bond acceptors (Lipinski definition) is 5. The molecule has 2 saturated heterocycles. The fraction of sp³-hybridized carbons (Fsp3) is 0.656. The minimum absolute atomic E-state index is 0.0586. The molecule has 3 aliphatic heterocycles. The lowest BCUT2D eigenvalue weighted by Crippen LogP contribution is -2.58. The van der Waals surface area contributed by atoms with Crippen molar-refractivity contribution in [2.45, 2.75) is 83.1 Å². The van der Waals surface area contributed by atoms with E-state index in [1.165, 1.54) is 0 Å².